The number of rotatable bonds is 7. The highest BCUT2D eigenvalue weighted by Gasteiger charge is 2.41. The molecule has 4 N–H and O–H groups in total. The first-order valence-electron chi connectivity index (χ1n) is 12.6. The molecule has 1 aliphatic carbocycles. The lowest BCUT2D eigenvalue weighted by Crippen LogP contribution is -2.56. The zero-order valence-electron chi connectivity index (χ0n) is 21.3. The number of carbonyl (C=O) groups is 4. The van der Waals surface area contributed by atoms with E-state index in [0.717, 1.165) is 5.56 Å². The van der Waals surface area contributed by atoms with Gasteiger partial charge in [0, 0.05) is 12.6 Å². The first kappa shape index (κ1) is 27.3. The van der Waals surface area contributed by atoms with Crippen molar-refractivity contribution < 1.29 is 28.7 Å². The molecule has 198 valence electrons. The molecule has 2 aliphatic rings. The molecule has 2 atom stereocenters. The summed E-state index contributed by atoms with van der Waals surface area (Å²) in [6.45, 7) is 5.86. The number of likely N-dealkylation sites (tertiary alicyclic amines) is 1. The number of ether oxygens (including phenoxy) is 2. The van der Waals surface area contributed by atoms with Crippen LogP contribution in [0.25, 0.3) is 0 Å². The van der Waals surface area contributed by atoms with Crippen LogP contribution >= 0.6 is 0 Å². The largest absolute Gasteiger partial charge is 0.445 e. The van der Waals surface area contributed by atoms with Crippen LogP contribution in [0.2, 0.25) is 0 Å². The molecule has 3 rings (SSSR count). The fraction of sp³-hybridized carbons (Fsp3) is 0.615. The summed E-state index contributed by atoms with van der Waals surface area (Å²) in [7, 11) is 0. The highest BCUT2D eigenvalue weighted by molar-refractivity contribution is 5.91. The predicted octanol–water partition coefficient (Wildman–Crippen LogP) is 2.84. The van der Waals surface area contributed by atoms with Crippen LogP contribution in [0.3, 0.4) is 0 Å². The van der Waals surface area contributed by atoms with Crippen LogP contribution in [-0.4, -0.2) is 59.2 Å². The zero-order chi connectivity index (χ0) is 26.3. The smallest absolute Gasteiger partial charge is 0.408 e. The van der Waals surface area contributed by atoms with Crippen molar-refractivity contribution in [3.05, 3.63) is 35.9 Å². The van der Waals surface area contributed by atoms with Crippen LogP contribution in [0.1, 0.15) is 64.9 Å². The molecule has 1 saturated heterocycles. The maximum absolute atomic E-state index is 13.5. The van der Waals surface area contributed by atoms with Gasteiger partial charge < -0.3 is 30.7 Å². The summed E-state index contributed by atoms with van der Waals surface area (Å²) >= 11 is 0. The third-order valence-corrected chi connectivity index (χ3v) is 6.58. The molecular formula is C26H38N4O6. The molecule has 4 amide bonds. The number of amides is 4. The van der Waals surface area contributed by atoms with E-state index in [4.69, 9.17) is 15.2 Å². The van der Waals surface area contributed by atoms with Crippen LogP contribution in [0.15, 0.2) is 30.3 Å². The Morgan fingerprint density at radius 2 is 1.69 bits per heavy atom. The molecule has 1 heterocycles. The van der Waals surface area contributed by atoms with E-state index in [2.05, 4.69) is 10.6 Å². The van der Waals surface area contributed by atoms with E-state index in [0.29, 0.717) is 45.1 Å². The van der Waals surface area contributed by atoms with Crippen LogP contribution in [0.5, 0.6) is 0 Å². The van der Waals surface area contributed by atoms with Gasteiger partial charge in [0.1, 0.15) is 24.3 Å². The molecule has 1 aliphatic heterocycles. The van der Waals surface area contributed by atoms with Crippen molar-refractivity contribution in [1.29, 1.82) is 0 Å². The monoisotopic (exact) mass is 502 g/mol. The fourth-order valence-electron chi connectivity index (χ4n) is 4.85. The summed E-state index contributed by atoms with van der Waals surface area (Å²) in [4.78, 5) is 51.7. The highest BCUT2D eigenvalue weighted by Crippen LogP contribution is 2.30. The van der Waals surface area contributed by atoms with E-state index in [1.54, 1.807) is 20.8 Å². The van der Waals surface area contributed by atoms with Crippen molar-refractivity contribution in [2.45, 2.75) is 89.6 Å². The first-order chi connectivity index (χ1) is 17.0. The molecule has 0 bridgehead atoms. The average molecular weight is 503 g/mol. The number of primary amides is 1. The predicted molar refractivity (Wildman–Crippen MR) is 133 cm³/mol. The Morgan fingerprint density at radius 1 is 1.03 bits per heavy atom. The van der Waals surface area contributed by atoms with Gasteiger partial charge in [-0.15, -0.1) is 0 Å². The molecular weight excluding hydrogens is 464 g/mol. The van der Waals surface area contributed by atoms with Gasteiger partial charge >= 0.3 is 12.2 Å². The lowest BCUT2D eigenvalue weighted by Gasteiger charge is -2.36. The lowest BCUT2D eigenvalue weighted by atomic mass is 9.81. The van der Waals surface area contributed by atoms with E-state index in [9.17, 15) is 19.2 Å². The molecule has 10 heteroatoms. The minimum Gasteiger partial charge on any atom is -0.445 e. The van der Waals surface area contributed by atoms with E-state index in [-0.39, 0.29) is 24.5 Å². The molecule has 1 aromatic carbocycles. The number of alkyl carbamates (subject to hydrolysis) is 2. The van der Waals surface area contributed by atoms with Crippen LogP contribution < -0.4 is 16.4 Å². The van der Waals surface area contributed by atoms with E-state index >= 15 is 0 Å². The number of nitrogens with two attached hydrogens (primary N) is 1. The van der Waals surface area contributed by atoms with Crippen LogP contribution in [0.4, 0.5) is 9.59 Å². The summed E-state index contributed by atoms with van der Waals surface area (Å²) in [5.41, 5.74) is 5.70. The number of carbonyl (C=O) groups excluding carboxylic acids is 4. The number of hydrogen-bond donors (Lipinski definition) is 3. The topological polar surface area (TPSA) is 140 Å². The van der Waals surface area contributed by atoms with Gasteiger partial charge in [-0.05, 0) is 70.8 Å². The van der Waals surface area contributed by atoms with Gasteiger partial charge in [-0.1, -0.05) is 30.3 Å². The molecule has 1 saturated carbocycles. The van der Waals surface area contributed by atoms with Gasteiger partial charge in [0.2, 0.25) is 11.8 Å². The Kier molecular flexibility index (Phi) is 9.17. The van der Waals surface area contributed by atoms with Gasteiger partial charge in [-0.3, -0.25) is 9.59 Å². The Bertz CT molecular complexity index is 924. The maximum atomic E-state index is 13.5. The Balaban J connectivity index is 1.59. The van der Waals surface area contributed by atoms with Crippen molar-refractivity contribution >= 4 is 24.0 Å². The zero-order valence-corrected chi connectivity index (χ0v) is 21.3. The van der Waals surface area contributed by atoms with E-state index in [1.165, 1.54) is 4.90 Å². The van der Waals surface area contributed by atoms with Gasteiger partial charge in [0.15, 0.2) is 0 Å². The second kappa shape index (κ2) is 12.1. The van der Waals surface area contributed by atoms with Gasteiger partial charge in [0.25, 0.3) is 0 Å². The van der Waals surface area contributed by atoms with Crippen molar-refractivity contribution in [2.24, 2.45) is 11.7 Å². The fourth-order valence-corrected chi connectivity index (χ4v) is 4.85. The maximum Gasteiger partial charge on any atom is 0.408 e. The normalized spacial score (nSPS) is 22.9. The van der Waals surface area contributed by atoms with Crippen LogP contribution in [0, 0.1) is 5.92 Å². The second-order valence-electron chi connectivity index (χ2n) is 10.5. The Morgan fingerprint density at radius 3 is 2.31 bits per heavy atom. The third-order valence-electron chi connectivity index (χ3n) is 6.58. The summed E-state index contributed by atoms with van der Waals surface area (Å²) in [6, 6.07) is 7.83. The van der Waals surface area contributed by atoms with Gasteiger partial charge in [0.05, 0.1) is 0 Å². The summed E-state index contributed by atoms with van der Waals surface area (Å²) in [5.74, 6) is -1.03. The van der Waals surface area contributed by atoms with Crippen molar-refractivity contribution in [3.63, 3.8) is 0 Å². The molecule has 0 spiro atoms. The molecule has 36 heavy (non-hydrogen) atoms. The Hall–Kier alpha value is -3.30. The molecule has 0 radical (unpaired) electrons. The Labute approximate surface area is 212 Å². The van der Waals surface area contributed by atoms with Gasteiger partial charge in [-0.25, -0.2) is 9.59 Å². The summed E-state index contributed by atoms with van der Waals surface area (Å²) in [6.07, 6.45) is 2.50. The average Bonchev–Trinajstić information content (AvgIpc) is 3.31. The number of benzene rings is 1. The molecule has 0 aromatic heterocycles. The second-order valence-corrected chi connectivity index (χ2v) is 10.5. The number of nitrogens with zero attached hydrogens (tertiary/aromatic N) is 1. The van der Waals surface area contributed by atoms with Gasteiger partial charge in [-0.2, -0.15) is 0 Å². The van der Waals surface area contributed by atoms with Crippen molar-refractivity contribution in [3.8, 4) is 0 Å². The minimum atomic E-state index is -0.842. The molecule has 1 aromatic rings. The minimum absolute atomic E-state index is 0.0908. The molecule has 10 nitrogen and oxygen atoms in total. The lowest BCUT2D eigenvalue weighted by molar-refractivity contribution is -0.140. The number of nitrogens with one attached hydrogen (secondary N) is 2. The quantitative estimate of drug-likeness (QED) is 0.524. The third kappa shape index (κ3) is 7.86. The van der Waals surface area contributed by atoms with Crippen molar-refractivity contribution in [1.82, 2.24) is 15.5 Å². The summed E-state index contributed by atoms with van der Waals surface area (Å²) < 4.78 is 10.7. The standard InChI is InChI=1S/C26H38N4O6/c1-26(2,3)36-25(34)29-21(23(32)30-15-7-10-20(30)22(27)31)18-11-13-19(14-12-18)28-24(33)35-16-17-8-5-4-6-9-17/h4-6,8-9,18-21H,7,10-16H2,1-3H3,(H2,27,31)(H,28,33)(H,29,34)/t18-,19-,20-,21-/m0/s1. The summed E-state index contributed by atoms with van der Waals surface area (Å²) in [5, 5.41) is 5.65. The first-order valence-corrected chi connectivity index (χ1v) is 12.6. The SMILES string of the molecule is CC(C)(C)OC(=O)N[C@H](C(=O)N1CCC[C@H]1C(N)=O)[C@H]1CC[C@H](NC(=O)OCc2ccccc2)CC1. The molecule has 0 unspecified atom stereocenters. The molecule has 2 fully saturated rings. The van der Waals surface area contributed by atoms with E-state index in [1.807, 2.05) is 30.3 Å². The highest BCUT2D eigenvalue weighted by atomic mass is 16.6. The van der Waals surface area contributed by atoms with Crippen LogP contribution in [-0.2, 0) is 25.7 Å². The van der Waals surface area contributed by atoms with E-state index < -0.39 is 35.8 Å². The number of hydrogen-bond acceptors (Lipinski definition) is 6. The van der Waals surface area contributed by atoms with Crippen molar-refractivity contribution in [2.75, 3.05) is 6.54 Å².